The van der Waals surface area contributed by atoms with Gasteiger partial charge in [-0.05, 0) is 55.3 Å². The van der Waals surface area contributed by atoms with E-state index in [0.717, 1.165) is 25.9 Å². The number of nitro benzene ring substituents is 1. The van der Waals surface area contributed by atoms with E-state index in [9.17, 15) is 14.9 Å². The highest BCUT2D eigenvalue weighted by atomic mass is 32.1. The van der Waals surface area contributed by atoms with Crippen LogP contribution in [0.2, 0.25) is 0 Å². The van der Waals surface area contributed by atoms with E-state index in [-0.39, 0.29) is 11.6 Å². The smallest absolute Gasteiger partial charge is 0.269 e. The predicted molar refractivity (Wildman–Crippen MR) is 88.3 cm³/mol. The second-order valence-corrected chi connectivity index (χ2v) is 5.41. The summed E-state index contributed by atoms with van der Waals surface area (Å²) in [6, 6.07) is 5.97. The van der Waals surface area contributed by atoms with Gasteiger partial charge < -0.3 is 4.90 Å². The lowest BCUT2D eigenvalue weighted by Crippen LogP contribution is -2.44. The van der Waals surface area contributed by atoms with Crippen LogP contribution in [0.25, 0.3) is 6.08 Å². The van der Waals surface area contributed by atoms with Crippen LogP contribution in [0.4, 0.5) is 5.69 Å². The van der Waals surface area contributed by atoms with Crippen molar-refractivity contribution < 1.29 is 9.72 Å². The molecule has 7 heteroatoms. The average molecular weight is 319 g/mol. The number of benzene rings is 1. The van der Waals surface area contributed by atoms with E-state index in [4.69, 9.17) is 12.2 Å². The Labute approximate surface area is 134 Å². The molecule has 1 N–H and O–H groups in total. The molecule has 1 aromatic carbocycles. The number of nitrogens with zero attached hydrogens (tertiary/aromatic N) is 2. The fraction of sp³-hybridized carbons (Fsp3) is 0.333. The summed E-state index contributed by atoms with van der Waals surface area (Å²) < 4.78 is 0. The Kier molecular flexibility index (Phi) is 5.60. The topological polar surface area (TPSA) is 75.5 Å². The minimum Gasteiger partial charge on any atom is -0.349 e. The van der Waals surface area contributed by atoms with Crippen molar-refractivity contribution in [3.63, 3.8) is 0 Å². The van der Waals surface area contributed by atoms with Gasteiger partial charge in [-0.3, -0.25) is 20.2 Å². The van der Waals surface area contributed by atoms with Crippen molar-refractivity contribution in [1.82, 2.24) is 10.2 Å². The zero-order valence-electron chi connectivity index (χ0n) is 12.0. The summed E-state index contributed by atoms with van der Waals surface area (Å²) in [5.41, 5.74) is 0.734. The monoisotopic (exact) mass is 319 g/mol. The number of carbonyl (C=O) groups excluding carboxylic acids is 1. The molecule has 0 bridgehead atoms. The molecule has 1 aromatic rings. The van der Waals surface area contributed by atoms with Crippen LogP contribution >= 0.6 is 12.2 Å². The third-order valence-corrected chi connectivity index (χ3v) is 3.76. The lowest BCUT2D eigenvalue weighted by molar-refractivity contribution is -0.384. The second kappa shape index (κ2) is 7.65. The first-order chi connectivity index (χ1) is 10.6. The van der Waals surface area contributed by atoms with Crippen molar-refractivity contribution in [3.8, 4) is 0 Å². The number of hydrogen-bond donors (Lipinski definition) is 1. The van der Waals surface area contributed by atoms with E-state index in [1.165, 1.54) is 24.6 Å². The molecule has 1 heterocycles. The number of hydrogen-bond acceptors (Lipinski definition) is 4. The maximum Gasteiger partial charge on any atom is 0.269 e. The normalized spacial score (nSPS) is 14.8. The van der Waals surface area contributed by atoms with Crippen LogP contribution in [0.15, 0.2) is 30.3 Å². The highest BCUT2D eigenvalue weighted by Gasteiger charge is 2.14. The van der Waals surface area contributed by atoms with Gasteiger partial charge in [0.05, 0.1) is 4.92 Å². The molecular weight excluding hydrogens is 302 g/mol. The van der Waals surface area contributed by atoms with Crippen LogP contribution < -0.4 is 5.32 Å². The Balaban J connectivity index is 1.87. The van der Waals surface area contributed by atoms with Gasteiger partial charge in [0.15, 0.2) is 5.11 Å². The van der Waals surface area contributed by atoms with E-state index >= 15 is 0 Å². The lowest BCUT2D eigenvalue weighted by atomic mass is 10.1. The molecule has 0 atom stereocenters. The molecule has 6 nitrogen and oxygen atoms in total. The summed E-state index contributed by atoms with van der Waals surface area (Å²) in [7, 11) is 0. The zero-order valence-corrected chi connectivity index (χ0v) is 12.8. The Morgan fingerprint density at radius 3 is 2.45 bits per heavy atom. The fourth-order valence-corrected chi connectivity index (χ4v) is 2.49. The van der Waals surface area contributed by atoms with Gasteiger partial charge in [-0.15, -0.1) is 0 Å². The van der Waals surface area contributed by atoms with Gasteiger partial charge >= 0.3 is 0 Å². The highest BCUT2D eigenvalue weighted by Crippen LogP contribution is 2.13. The Hall–Kier alpha value is -2.28. The number of amides is 1. The second-order valence-electron chi connectivity index (χ2n) is 5.02. The van der Waals surface area contributed by atoms with Gasteiger partial charge in [0.25, 0.3) is 5.69 Å². The van der Waals surface area contributed by atoms with Crippen molar-refractivity contribution in [2.24, 2.45) is 0 Å². The summed E-state index contributed by atoms with van der Waals surface area (Å²) in [5, 5.41) is 13.7. The first-order valence-corrected chi connectivity index (χ1v) is 7.49. The van der Waals surface area contributed by atoms with E-state index in [2.05, 4.69) is 5.32 Å². The van der Waals surface area contributed by atoms with Crippen molar-refractivity contribution in [2.75, 3.05) is 13.1 Å². The maximum atomic E-state index is 11.8. The Bertz CT molecular complexity index is 593. The standard InChI is InChI=1S/C15H17N3O3S/c19-14(16-15(22)17-10-2-1-3-11-17)9-6-12-4-7-13(8-5-12)18(20)21/h4-9H,1-3,10-11H2,(H,16,19,22)/b9-6+. The SMILES string of the molecule is O=C(/C=C/c1ccc([N+](=O)[O-])cc1)NC(=S)N1CCCCC1. The molecule has 0 aliphatic carbocycles. The zero-order chi connectivity index (χ0) is 15.9. The van der Waals surface area contributed by atoms with Crippen molar-refractivity contribution in [3.05, 3.63) is 46.0 Å². The molecule has 0 spiro atoms. The van der Waals surface area contributed by atoms with Crippen LogP contribution in [0.5, 0.6) is 0 Å². The number of rotatable bonds is 3. The van der Waals surface area contributed by atoms with Crippen LogP contribution in [0.3, 0.4) is 0 Å². The number of thiocarbonyl (C=S) groups is 1. The van der Waals surface area contributed by atoms with Crippen LogP contribution in [-0.4, -0.2) is 33.9 Å². The molecule has 1 saturated heterocycles. The highest BCUT2D eigenvalue weighted by molar-refractivity contribution is 7.80. The molecule has 0 radical (unpaired) electrons. The van der Waals surface area contributed by atoms with Gasteiger partial charge in [-0.1, -0.05) is 0 Å². The molecule has 1 aliphatic heterocycles. The fourth-order valence-electron chi connectivity index (χ4n) is 2.20. The summed E-state index contributed by atoms with van der Waals surface area (Å²) >= 11 is 5.21. The molecule has 116 valence electrons. The predicted octanol–water partition coefficient (Wildman–Crippen LogP) is 2.50. The lowest BCUT2D eigenvalue weighted by Gasteiger charge is -2.28. The number of piperidine rings is 1. The first kappa shape index (κ1) is 16.1. The molecule has 0 unspecified atom stereocenters. The third kappa shape index (κ3) is 4.63. The molecule has 0 saturated carbocycles. The van der Waals surface area contributed by atoms with Gasteiger partial charge in [-0.2, -0.15) is 0 Å². The number of nitrogens with one attached hydrogen (secondary N) is 1. The minimum atomic E-state index is -0.461. The Morgan fingerprint density at radius 2 is 1.86 bits per heavy atom. The van der Waals surface area contributed by atoms with Crippen LogP contribution in [0, 0.1) is 10.1 Å². The van der Waals surface area contributed by atoms with E-state index in [1.807, 2.05) is 4.90 Å². The van der Waals surface area contributed by atoms with Gasteiger partial charge in [0.1, 0.15) is 0 Å². The molecule has 0 aromatic heterocycles. The summed E-state index contributed by atoms with van der Waals surface area (Å²) in [4.78, 5) is 23.9. The molecule has 1 fully saturated rings. The van der Waals surface area contributed by atoms with E-state index in [1.54, 1.807) is 18.2 Å². The van der Waals surface area contributed by atoms with Gasteiger partial charge in [-0.25, -0.2) is 0 Å². The summed E-state index contributed by atoms with van der Waals surface area (Å²) in [6.07, 6.45) is 6.35. The summed E-state index contributed by atoms with van der Waals surface area (Å²) in [5.74, 6) is -0.297. The maximum absolute atomic E-state index is 11.8. The number of nitro groups is 1. The average Bonchev–Trinajstić information content (AvgIpc) is 2.54. The molecule has 2 rings (SSSR count). The van der Waals surface area contributed by atoms with Crippen LogP contribution in [0.1, 0.15) is 24.8 Å². The minimum absolute atomic E-state index is 0.0212. The van der Waals surface area contributed by atoms with E-state index in [0.29, 0.717) is 10.7 Å². The van der Waals surface area contributed by atoms with Crippen molar-refractivity contribution >= 4 is 35.0 Å². The van der Waals surface area contributed by atoms with Crippen molar-refractivity contribution in [1.29, 1.82) is 0 Å². The first-order valence-electron chi connectivity index (χ1n) is 7.09. The molecule has 1 amide bonds. The molecular formula is C15H17N3O3S. The quantitative estimate of drug-likeness (QED) is 0.401. The largest absolute Gasteiger partial charge is 0.349 e. The van der Waals surface area contributed by atoms with E-state index < -0.39 is 4.92 Å². The molecule has 1 aliphatic rings. The number of likely N-dealkylation sites (tertiary alicyclic amines) is 1. The van der Waals surface area contributed by atoms with Gasteiger partial charge in [0, 0.05) is 31.3 Å². The van der Waals surface area contributed by atoms with Gasteiger partial charge in [0.2, 0.25) is 5.91 Å². The third-order valence-electron chi connectivity index (χ3n) is 3.40. The number of carbonyl (C=O) groups is 1. The Morgan fingerprint density at radius 1 is 1.23 bits per heavy atom. The number of non-ortho nitro benzene ring substituents is 1. The molecule has 22 heavy (non-hydrogen) atoms. The van der Waals surface area contributed by atoms with Crippen LogP contribution in [-0.2, 0) is 4.79 Å². The summed E-state index contributed by atoms with van der Waals surface area (Å²) in [6.45, 7) is 1.76. The van der Waals surface area contributed by atoms with Crippen molar-refractivity contribution in [2.45, 2.75) is 19.3 Å².